The minimum Gasteiger partial charge on any atom is -0.426 e. The lowest BCUT2D eigenvalue weighted by atomic mass is 9.80. The molecule has 1 aromatic heterocycles. The summed E-state index contributed by atoms with van der Waals surface area (Å²) in [4.78, 5) is 51.6. The summed E-state index contributed by atoms with van der Waals surface area (Å²) in [5.74, 6) is -1.88. The summed E-state index contributed by atoms with van der Waals surface area (Å²) in [6.45, 7) is 0. The van der Waals surface area contributed by atoms with E-state index in [1.54, 1.807) is 12.1 Å². The minimum atomic E-state index is -0.862. The number of ether oxygens (including phenoxy) is 1. The van der Waals surface area contributed by atoms with Gasteiger partial charge >= 0.3 is 10.8 Å². The van der Waals surface area contributed by atoms with Crippen molar-refractivity contribution in [2.75, 3.05) is 5.32 Å². The first kappa shape index (κ1) is 19.5. The number of non-ortho nitro benzene ring substituents is 1. The lowest BCUT2D eigenvalue weighted by Gasteiger charge is -2.38. The molecule has 0 unspecified atom stereocenters. The summed E-state index contributed by atoms with van der Waals surface area (Å²) in [6.07, 6.45) is 0. The SMILES string of the molecule is O=C1Oc2ccccc2[C@@H]2c3sc(=O)[nH]c3S[C@@H](C(=O)Nc3ccc([N+](=O)[O-])cc3)[C@H]12. The number of carbonyl (C=O) groups is 2. The first-order valence-corrected chi connectivity index (χ1v) is 10.9. The van der Waals surface area contributed by atoms with Crippen LogP contribution in [0.2, 0.25) is 0 Å². The van der Waals surface area contributed by atoms with Gasteiger partial charge in [0.25, 0.3) is 5.69 Å². The average Bonchev–Trinajstić information content (AvgIpc) is 3.13. The summed E-state index contributed by atoms with van der Waals surface area (Å²) >= 11 is 2.14. The number of hydrogen-bond acceptors (Lipinski definition) is 8. The Morgan fingerprint density at radius 2 is 1.87 bits per heavy atom. The third-order valence-electron chi connectivity index (χ3n) is 5.20. The number of nitrogens with zero attached hydrogens (tertiary/aromatic N) is 1. The minimum absolute atomic E-state index is 0.0990. The van der Waals surface area contributed by atoms with Crippen LogP contribution in [0.5, 0.6) is 5.75 Å². The second-order valence-corrected chi connectivity index (χ2v) is 9.17. The highest BCUT2D eigenvalue weighted by Gasteiger charge is 2.51. The Hall–Kier alpha value is -3.44. The van der Waals surface area contributed by atoms with Crippen LogP contribution in [0.15, 0.2) is 58.4 Å². The van der Waals surface area contributed by atoms with Crippen LogP contribution in [0.1, 0.15) is 16.4 Å². The predicted molar refractivity (Wildman–Crippen MR) is 114 cm³/mol. The number of aromatic amines is 1. The maximum absolute atomic E-state index is 13.2. The van der Waals surface area contributed by atoms with E-state index in [2.05, 4.69) is 10.3 Å². The van der Waals surface area contributed by atoms with Crippen LogP contribution in [-0.4, -0.2) is 27.0 Å². The Kier molecular flexibility index (Phi) is 4.63. The first-order chi connectivity index (χ1) is 14.9. The number of para-hydroxylation sites is 1. The largest absolute Gasteiger partial charge is 0.426 e. The number of thioether (sulfide) groups is 1. The summed E-state index contributed by atoms with van der Waals surface area (Å²) < 4.78 is 5.50. The zero-order valence-corrected chi connectivity index (χ0v) is 17.2. The predicted octanol–water partition coefficient (Wildman–Crippen LogP) is 3.12. The van der Waals surface area contributed by atoms with E-state index >= 15 is 0 Å². The summed E-state index contributed by atoms with van der Waals surface area (Å²) in [5, 5.41) is 13.2. The topological polar surface area (TPSA) is 131 Å². The van der Waals surface area contributed by atoms with Crippen molar-refractivity contribution < 1.29 is 19.2 Å². The Balaban J connectivity index is 1.52. The molecule has 9 nitrogen and oxygen atoms in total. The molecule has 0 bridgehead atoms. The molecule has 3 atom stereocenters. The van der Waals surface area contributed by atoms with Crippen molar-refractivity contribution in [3.05, 3.63) is 78.8 Å². The molecule has 3 aromatic rings. The molecule has 5 rings (SSSR count). The van der Waals surface area contributed by atoms with Crippen molar-refractivity contribution in [2.45, 2.75) is 16.2 Å². The maximum Gasteiger partial charge on any atom is 0.317 e. The van der Waals surface area contributed by atoms with Crippen molar-refractivity contribution >= 4 is 46.3 Å². The molecule has 2 aliphatic heterocycles. The van der Waals surface area contributed by atoms with Gasteiger partial charge in [-0.3, -0.25) is 24.5 Å². The van der Waals surface area contributed by atoms with Gasteiger partial charge in [-0.25, -0.2) is 0 Å². The highest BCUT2D eigenvalue weighted by atomic mass is 32.2. The fraction of sp³-hybridized carbons (Fsp3) is 0.150. The number of nitrogens with one attached hydrogen (secondary N) is 2. The zero-order valence-electron chi connectivity index (χ0n) is 15.6. The van der Waals surface area contributed by atoms with Gasteiger partial charge in [0, 0.05) is 34.2 Å². The van der Waals surface area contributed by atoms with Crippen LogP contribution in [0.25, 0.3) is 0 Å². The van der Waals surface area contributed by atoms with Gasteiger partial charge in [-0.05, 0) is 18.2 Å². The van der Waals surface area contributed by atoms with E-state index in [4.69, 9.17) is 4.74 Å². The Morgan fingerprint density at radius 1 is 1.13 bits per heavy atom. The van der Waals surface area contributed by atoms with E-state index in [0.29, 0.717) is 21.3 Å². The van der Waals surface area contributed by atoms with Gasteiger partial charge in [-0.15, -0.1) is 0 Å². The van der Waals surface area contributed by atoms with Gasteiger partial charge in [0.2, 0.25) is 5.91 Å². The van der Waals surface area contributed by atoms with E-state index in [1.807, 2.05) is 12.1 Å². The van der Waals surface area contributed by atoms with Crippen LogP contribution in [-0.2, 0) is 9.59 Å². The number of thiazole rings is 1. The van der Waals surface area contributed by atoms with Crippen molar-refractivity contribution in [3.63, 3.8) is 0 Å². The first-order valence-electron chi connectivity index (χ1n) is 9.18. The highest BCUT2D eigenvalue weighted by molar-refractivity contribution is 8.00. The molecule has 0 radical (unpaired) electrons. The third-order valence-corrected chi connectivity index (χ3v) is 7.61. The summed E-state index contributed by atoms with van der Waals surface area (Å²) in [7, 11) is 0. The summed E-state index contributed by atoms with van der Waals surface area (Å²) in [5.41, 5.74) is 1.01. The number of benzene rings is 2. The Morgan fingerprint density at radius 3 is 2.61 bits per heavy atom. The van der Waals surface area contributed by atoms with Crippen LogP contribution in [0, 0.1) is 16.0 Å². The molecule has 2 aromatic carbocycles. The molecule has 31 heavy (non-hydrogen) atoms. The van der Waals surface area contributed by atoms with Gasteiger partial charge in [0.05, 0.1) is 15.9 Å². The molecule has 0 saturated carbocycles. The van der Waals surface area contributed by atoms with Gasteiger partial charge < -0.3 is 15.0 Å². The number of aromatic nitrogens is 1. The number of rotatable bonds is 3. The Labute approximate surface area is 182 Å². The molecule has 11 heteroatoms. The van der Waals surface area contributed by atoms with E-state index in [-0.39, 0.29) is 10.6 Å². The monoisotopic (exact) mass is 455 g/mol. The van der Waals surface area contributed by atoms with Crippen LogP contribution in [0.3, 0.4) is 0 Å². The van der Waals surface area contributed by atoms with E-state index in [1.165, 1.54) is 24.3 Å². The molecule has 1 amide bonds. The number of hydrogen-bond donors (Lipinski definition) is 2. The number of H-pyrrole nitrogens is 1. The second-order valence-electron chi connectivity index (χ2n) is 7.00. The van der Waals surface area contributed by atoms with Crippen molar-refractivity contribution in [1.29, 1.82) is 0 Å². The molecule has 2 aliphatic rings. The standard InChI is InChI=1S/C20H13N3O6S2/c24-17(21-9-5-7-10(8-6-9)23(27)28)15-14-13(16-18(30-15)22-20(26)31-16)11-3-1-2-4-12(11)29-19(14)25/h1-8,13-15H,(H,21,24)(H,22,26)/t13-,14+,15+/m0/s1. The molecular weight excluding hydrogens is 442 g/mol. The number of amides is 1. The molecule has 0 saturated heterocycles. The highest BCUT2D eigenvalue weighted by Crippen LogP contribution is 2.53. The normalized spacial score (nSPS) is 21.3. The third kappa shape index (κ3) is 3.31. The van der Waals surface area contributed by atoms with Crippen molar-refractivity contribution in [3.8, 4) is 5.75 Å². The van der Waals surface area contributed by atoms with E-state index in [0.717, 1.165) is 28.7 Å². The second kappa shape index (κ2) is 7.36. The van der Waals surface area contributed by atoms with Crippen LogP contribution in [0.4, 0.5) is 11.4 Å². The molecular formula is C20H13N3O6S2. The van der Waals surface area contributed by atoms with Crippen LogP contribution < -0.4 is 14.9 Å². The van der Waals surface area contributed by atoms with E-state index in [9.17, 15) is 24.5 Å². The summed E-state index contributed by atoms with van der Waals surface area (Å²) in [6, 6.07) is 12.5. The number of nitro benzene ring substituents is 1. The Bertz CT molecular complexity index is 1280. The quantitative estimate of drug-likeness (QED) is 0.268. The number of anilines is 1. The van der Waals surface area contributed by atoms with Gasteiger partial charge in [0.1, 0.15) is 11.0 Å². The smallest absolute Gasteiger partial charge is 0.317 e. The fourth-order valence-electron chi connectivity index (χ4n) is 3.85. The molecule has 0 fully saturated rings. The molecule has 0 spiro atoms. The van der Waals surface area contributed by atoms with Crippen molar-refractivity contribution in [1.82, 2.24) is 4.98 Å². The van der Waals surface area contributed by atoms with Crippen LogP contribution >= 0.6 is 23.1 Å². The van der Waals surface area contributed by atoms with Crippen molar-refractivity contribution in [2.24, 2.45) is 5.92 Å². The lowest BCUT2D eigenvalue weighted by molar-refractivity contribution is -0.384. The molecule has 2 N–H and O–H groups in total. The zero-order chi connectivity index (χ0) is 21.7. The van der Waals surface area contributed by atoms with E-state index < -0.39 is 33.9 Å². The maximum atomic E-state index is 13.2. The average molecular weight is 455 g/mol. The molecule has 156 valence electrons. The fourth-order valence-corrected chi connectivity index (χ4v) is 6.31. The number of fused-ring (bicyclic) bond motifs is 5. The lowest BCUT2D eigenvalue weighted by Crippen LogP contribution is -2.46. The number of carbonyl (C=O) groups excluding carboxylic acids is 2. The van der Waals surface area contributed by atoms with Gasteiger partial charge in [0.15, 0.2) is 0 Å². The number of esters is 1. The number of nitro groups is 1. The molecule has 0 aliphatic carbocycles. The molecule has 3 heterocycles. The van der Waals surface area contributed by atoms with Gasteiger partial charge in [-0.2, -0.15) is 0 Å². The van der Waals surface area contributed by atoms with Gasteiger partial charge in [-0.1, -0.05) is 41.3 Å².